The van der Waals surface area contributed by atoms with E-state index in [1.54, 1.807) is 0 Å². The number of aliphatic hydroxyl groups excluding tert-OH is 3. The van der Waals surface area contributed by atoms with E-state index in [1.807, 2.05) is 97.1 Å². The van der Waals surface area contributed by atoms with Crippen LogP contribution in [0.3, 0.4) is 0 Å². The Balaban J connectivity index is 1.05. The van der Waals surface area contributed by atoms with Crippen LogP contribution < -0.4 is 11.2 Å². The maximum atomic E-state index is 13.9. The number of nitrogens with zero attached hydrogens (tertiary/aromatic N) is 2. The molecule has 4 atom stereocenters. The average Bonchev–Trinajstić information content (AvgIpc) is 3.79. The Labute approximate surface area is 308 Å². The zero-order valence-electron chi connectivity index (χ0n) is 28.9. The molecule has 2 heterocycles. The normalized spacial score (nSPS) is 19.8. The largest absolute Gasteiger partial charge is 0.463 e. The lowest BCUT2D eigenvalue weighted by molar-refractivity contribution is -0.145. The van der Waals surface area contributed by atoms with Crippen molar-refractivity contribution in [1.82, 2.24) is 14.5 Å². The number of aliphatic hydroxyl groups is 3. The predicted molar refractivity (Wildman–Crippen MR) is 194 cm³/mol. The first-order chi connectivity index (χ1) is 26.2. The van der Waals surface area contributed by atoms with Crippen molar-refractivity contribution >= 4 is 12.1 Å². The summed E-state index contributed by atoms with van der Waals surface area (Å²) in [6.45, 7) is -1.78. The van der Waals surface area contributed by atoms with Gasteiger partial charge in [-0.3, -0.25) is 24.0 Å². The molecule has 0 spiro atoms. The van der Waals surface area contributed by atoms with Crippen LogP contribution in [0.5, 0.6) is 0 Å². The number of carbonyl (C=O) groups excluding carboxylic acids is 2. The van der Waals surface area contributed by atoms with Crippen LogP contribution in [0.2, 0.25) is 0 Å². The molecule has 0 bridgehead atoms. The second-order valence-corrected chi connectivity index (χ2v) is 13.6. The molecule has 1 amide bonds. The molecule has 0 radical (unpaired) electrons. The van der Waals surface area contributed by atoms with Gasteiger partial charge in [-0.2, -0.15) is 0 Å². The molecule has 1 unspecified atom stereocenters. The highest BCUT2D eigenvalue weighted by Crippen LogP contribution is 2.45. The number of esters is 1. The third-order valence-corrected chi connectivity index (χ3v) is 10.5. The molecule has 276 valence electrons. The molecule has 4 N–H and O–H groups in total. The maximum absolute atomic E-state index is 13.9. The Morgan fingerprint density at radius 2 is 1.20 bits per heavy atom. The Bertz CT molecular complexity index is 2260. The van der Waals surface area contributed by atoms with E-state index in [4.69, 9.17) is 14.2 Å². The summed E-state index contributed by atoms with van der Waals surface area (Å²) in [5.41, 5.74) is 6.20. The molecule has 2 aliphatic carbocycles. The standard InChI is InChI=1S/C41H37N3O10/c45-20-34-36(47)37(48)39(54-34)44-18-23(38(49)42-40(44)50)17-43(41(51)53-22-33-30-15-7-3-11-26(30)27-12-4-8-16-31(27)33)19-35(46)52-21-32-28-13-5-1-9-24(28)25-10-2-6-14-29(25)32/h1-16,18,32-34,36-37,39,45,47-48H,17,19-22H2,(H,42,49,50)/t34-,36?,37+,39-/m1/s1. The molecule has 1 saturated heterocycles. The Hall–Kier alpha value is -5.86. The fraction of sp³-hybridized carbons (Fsp3) is 0.268. The molecule has 13 nitrogen and oxygen atoms in total. The quantitative estimate of drug-likeness (QED) is 0.156. The van der Waals surface area contributed by atoms with E-state index in [0.29, 0.717) is 0 Å². The van der Waals surface area contributed by atoms with Gasteiger partial charge in [0.05, 0.1) is 18.7 Å². The Morgan fingerprint density at radius 1 is 0.722 bits per heavy atom. The van der Waals surface area contributed by atoms with Gasteiger partial charge in [-0.1, -0.05) is 97.1 Å². The number of nitrogens with one attached hydrogen (secondary N) is 1. The molecule has 54 heavy (non-hydrogen) atoms. The van der Waals surface area contributed by atoms with Gasteiger partial charge in [0.25, 0.3) is 5.56 Å². The van der Waals surface area contributed by atoms with E-state index in [1.165, 1.54) is 0 Å². The zero-order chi connectivity index (χ0) is 37.5. The summed E-state index contributed by atoms with van der Waals surface area (Å²) < 4.78 is 18.0. The highest BCUT2D eigenvalue weighted by atomic mass is 16.6. The molecule has 4 aromatic carbocycles. The number of hydrogen-bond donors (Lipinski definition) is 4. The number of hydrogen-bond acceptors (Lipinski definition) is 10. The van der Waals surface area contributed by atoms with Gasteiger partial charge in [0.15, 0.2) is 6.23 Å². The summed E-state index contributed by atoms with van der Waals surface area (Å²) in [5, 5.41) is 30.4. The van der Waals surface area contributed by atoms with Crippen LogP contribution in [0, 0.1) is 0 Å². The van der Waals surface area contributed by atoms with Gasteiger partial charge >= 0.3 is 17.8 Å². The average molecular weight is 732 g/mol. The Morgan fingerprint density at radius 3 is 1.69 bits per heavy atom. The monoisotopic (exact) mass is 731 g/mol. The number of carbonyl (C=O) groups is 2. The summed E-state index contributed by atoms with van der Waals surface area (Å²) in [5.74, 6) is -1.26. The van der Waals surface area contributed by atoms with Gasteiger partial charge in [-0.25, -0.2) is 9.59 Å². The van der Waals surface area contributed by atoms with Crippen LogP contribution in [0.15, 0.2) is 113 Å². The van der Waals surface area contributed by atoms with E-state index < -0.39 is 67.5 Å². The molecular weight excluding hydrogens is 694 g/mol. The molecule has 5 aromatic rings. The van der Waals surface area contributed by atoms with E-state index >= 15 is 0 Å². The van der Waals surface area contributed by atoms with Gasteiger partial charge in [-0.15, -0.1) is 0 Å². The lowest BCUT2D eigenvalue weighted by Gasteiger charge is -2.24. The van der Waals surface area contributed by atoms with Crippen molar-refractivity contribution in [2.75, 3.05) is 26.4 Å². The number of amides is 1. The molecule has 13 heteroatoms. The lowest BCUT2D eigenvalue weighted by Crippen LogP contribution is -2.42. The number of aromatic nitrogens is 2. The fourth-order valence-electron chi connectivity index (χ4n) is 7.83. The third kappa shape index (κ3) is 6.30. The van der Waals surface area contributed by atoms with Crippen molar-refractivity contribution in [3.05, 3.63) is 152 Å². The first-order valence-corrected chi connectivity index (χ1v) is 17.6. The summed E-state index contributed by atoms with van der Waals surface area (Å²) in [6.07, 6.45) is -5.58. The molecule has 0 saturated carbocycles. The molecule has 8 rings (SSSR count). The van der Waals surface area contributed by atoms with E-state index in [9.17, 15) is 34.5 Å². The minimum Gasteiger partial charge on any atom is -0.463 e. The number of rotatable bonds is 10. The van der Waals surface area contributed by atoms with E-state index in [2.05, 4.69) is 4.98 Å². The number of H-pyrrole nitrogens is 1. The van der Waals surface area contributed by atoms with Crippen molar-refractivity contribution in [3.63, 3.8) is 0 Å². The predicted octanol–water partition coefficient (Wildman–Crippen LogP) is 3.25. The third-order valence-electron chi connectivity index (χ3n) is 10.5. The summed E-state index contributed by atoms with van der Waals surface area (Å²) >= 11 is 0. The van der Waals surface area contributed by atoms with Gasteiger partial charge in [0.1, 0.15) is 38.1 Å². The lowest BCUT2D eigenvalue weighted by atomic mass is 9.98. The first kappa shape index (κ1) is 35.2. The van der Waals surface area contributed by atoms with Crippen molar-refractivity contribution in [3.8, 4) is 22.3 Å². The smallest absolute Gasteiger partial charge is 0.410 e. The fourth-order valence-corrected chi connectivity index (χ4v) is 7.83. The number of benzene rings is 4. The zero-order valence-corrected chi connectivity index (χ0v) is 28.9. The van der Waals surface area contributed by atoms with Gasteiger partial charge < -0.3 is 29.5 Å². The van der Waals surface area contributed by atoms with Gasteiger partial charge in [0.2, 0.25) is 0 Å². The van der Waals surface area contributed by atoms with Gasteiger partial charge in [-0.05, 0) is 44.5 Å². The minimum atomic E-state index is -1.61. The highest BCUT2D eigenvalue weighted by molar-refractivity contribution is 5.81. The number of fused-ring (bicyclic) bond motifs is 6. The second kappa shape index (κ2) is 14.5. The Kier molecular flexibility index (Phi) is 9.46. The summed E-state index contributed by atoms with van der Waals surface area (Å²) in [6, 6.07) is 31.5. The SMILES string of the molecule is O=C(CN(Cc1cn([C@@H]2O[C@H](CO)C(O)[C@@H]2O)c(=O)[nH]c1=O)C(=O)OCC1c2ccccc2-c2ccccc21)OCC1c2ccccc2-c2ccccc21. The van der Waals surface area contributed by atoms with E-state index in [0.717, 1.165) is 60.2 Å². The molecule has 1 aliphatic heterocycles. The van der Waals surface area contributed by atoms with Crippen LogP contribution in [0.25, 0.3) is 22.3 Å². The van der Waals surface area contributed by atoms with Crippen molar-refractivity contribution in [2.45, 2.75) is 42.9 Å². The van der Waals surface area contributed by atoms with Crippen LogP contribution in [0.4, 0.5) is 4.79 Å². The number of aromatic amines is 1. The van der Waals surface area contributed by atoms with Crippen molar-refractivity contribution < 1.29 is 39.1 Å². The van der Waals surface area contributed by atoms with Crippen molar-refractivity contribution in [2.24, 2.45) is 0 Å². The van der Waals surface area contributed by atoms with Crippen LogP contribution >= 0.6 is 0 Å². The second-order valence-electron chi connectivity index (χ2n) is 13.6. The maximum Gasteiger partial charge on any atom is 0.410 e. The minimum absolute atomic E-state index is 0.00209. The van der Waals surface area contributed by atoms with E-state index in [-0.39, 0.29) is 30.6 Å². The van der Waals surface area contributed by atoms with Crippen LogP contribution in [-0.2, 0) is 25.5 Å². The first-order valence-electron chi connectivity index (χ1n) is 17.6. The molecule has 3 aliphatic rings. The molecule has 1 fully saturated rings. The summed E-state index contributed by atoms with van der Waals surface area (Å²) in [4.78, 5) is 56.7. The molecular formula is C41H37N3O10. The van der Waals surface area contributed by atoms with Gasteiger partial charge in [0, 0.05) is 18.0 Å². The highest BCUT2D eigenvalue weighted by Gasteiger charge is 2.44. The number of ether oxygens (including phenoxy) is 3. The van der Waals surface area contributed by atoms with Crippen molar-refractivity contribution in [1.29, 1.82) is 0 Å². The molecule has 1 aromatic heterocycles. The van der Waals surface area contributed by atoms with Crippen LogP contribution in [0.1, 0.15) is 45.9 Å². The van der Waals surface area contributed by atoms with Crippen LogP contribution in [-0.4, -0.2) is 86.5 Å². The summed E-state index contributed by atoms with van der Waals surface area (Å²) in [7, 11) is 0. The topological polar surface area (TPSA) is 181 Å².